The number of hydrogen-bond acceptors (Lipinski definition) is 6. The third kappa shape index (κ3) is 4.44. The number of nitrogens with two attached hydrogens (primary N) is 1. The number of unbranched alkanes of at least 4 members (excludes halogenated alkanes) is 1. The van der Waals surface area contributed by atoms with Gasteiger partial charge in [-0.3, -0.25) is 0 Å². The summed E-state index contributed by atoms with van der Waals surface area (Å²) in [6.07, 6.45) is 2.16. The van der Waals surface area contributed by atoms with Crippen LogP contribution in [0.25, 0.3) is 21.9 Å². The Hall–Kier alpha value is -3.63. The van der Waals surface area contributed by atoms with E-state index in [0.717, 1.165) is 52.7 Å². The topological polar surface area (TPSA) is 105 Å². The van der Waals surface area contributed by atoms with Crippen LogP contribution in [0, 0.1) is 11.3 Å². The largest absolute Gasteiger partial charge is 0.368 e. The second-order valence-corrected chi connectivity index (χ2v) is 7.59. The Morgan fingerprint density at radius 2 is 1.94 bits per heavy atom. The number of hydrogen-bond donors (Lipinski definition) is 3. The second-order valence-electron chi connectivity index (χ2n) is 7.59. The first-order valence-electron chi connectivity index (χ1n) is 10.6. The van der Waals surface area contributed by atoms with Crippen molar-refractivity contribution in [1.82, 2.24) is 19.9 Å². The molecule has 0 unspecified atom stereocenters. The minimum absolute atomic E-state index is 0.278. The molecule has 0 saturated heterocycles. The lowest BCUT2D eigenvalue weighted by Crippen LogP contribution is -2.13. The number of anilines is 2. The van der Waals surface area contributed by atoms with Gasteiger partial charge < -0.3 is 20.9 Å². The summed E-state index contributed by atoms with van der Waals surface area (Å²) in [7, 11) is 0. The van der Waals surface area contributed by atoms with Crippen molar-refractivity contribution in [3.8, 4) is 6.07 Å². The van der Waals surface area contributed by atoms with Gasteiger partial charge in [-0.15, -0.1) is 0 Å². The fraction of sp³-hybridized carbons (Fsp3) is 0.292. The van der Waals surface area contributed by atoms with E-state index in [1.54, 1.807) is 0 Å². The van der Waals surface area contributed by atoms with E-state index in [4.69, 9.17) is 11.0 Å². The number of nitrogen functional groups attached to an aromatic ring is 1. The number of nitriles is 1. The van der Waals surface area contributed by atoms with E-state index in [0.29, 0.717) is 19.6 Å². The molecule has 0 aliphatic carbocycles. The van der Waals surface area contributed by atoms with Crippen LogP contribution in [0.3, 0.4) is 0 Å². The van der Waals surface area contributed by atoms with Gasteiger partial charge in [0.15, 0.2) is 5.82 Å². The van der Waals surface area contributed by atoms with Crippen LogP contribution in [0.4, 0.5) is 11.8 Å². The lowest BCUT2D eigenvalue weighted by atomic mass is 10.1. The molecule has 158 valence electrons. The number of benzene rings is 2. The number of para-hydroxylation sites is 1. The highest BCUT2D eigenvalue weighted by Gasteiger charge is 2.17. The first kappa shape index (κ1) is 20.6. The standard InChI is InChI=1S/C24H27N7/c1-2-3-12-28-23-22-21(29-24(26)30-23)19-9-4-5-10-20(19)31(22)16-18-8-6-7-17(14-18)15-27-13-11-25/h4-10,14,27H,2-3,12-13,15-16H2,1H3,(H3,26,28,29,30). The van der Waals surface area contributed by atoms with E-state index in [-0.39, 0.29) is 5.95 Å². The molecule has 2 heterocycles. The van der Waals surface area contributed by atoms with Crippen molar-refractivity contribution in [3.63, 3.8) is 0 Å². The van der Waals surface area contributed by atoms with Gasteiger partial charge in [-0.2, -0.15) is 10.2 Å². The van der Waals surface area contributed by atoms with E-state index in [2.05, 4.69) is 74.6 Å². The molecule has 4 aromatic rings. The van der Waals surface area contributed by atoms with Crippen molar-refractivity contribution >= 4 is 33.7 Å². The predicted molar refractivity (Wildman–Crippen MR) is 126 cm³/mol. The van der Waals surface area contributed by atoms with Crippen LogP contribution >= 0.6 is 0 Å². The summed E-state index contributed by atoms with van der Waals surface area (Å²) >= 11 is 0. The fourth-order valence-corrected chi connectivity index (χ4v) is 3.90. The Morgan fingerprint density at radius 1 is 1.10 bits per heavy atom. The van der Waals surface area contributed by atoms with Crippen LogP contribution in [0.5, 0.6) is 0 Å². The van der Waals surface area contributed by atoms with Gasteiger partial charge in [0.25, 0.3) is 0 Å². The molecular formula is C24H27N7. The number of nitrogens with zero attached hydrogens (tertiary/aromatic N) is 4. The van der Waals surface area contributed by atoms with E-state index in [1.807, 2.05) is 12.1 Å². The van der Waals surface area contributed by atoms with Gasteiger partial charge in [0.2, 0.25) is 5.95 Å². The molecule has 0 spiro atoms. The zero-order chi connectivity index (χ0) is 21.6. The molecule has 0 atom stereocenters. The SMILES string of the molecule is CCCCNc1nc(N)nc2c3ccccc3n(Cc3cccc(CNCC#N)c3)c12. The third-order valence-corrected chi connectivity index (χ3v) is 5.31. The lowest BCUT2D eigenvalue weighted by molar-refractivity contribution is 0.762. The zero-order valence-corrected chi connectivity index (χ0v) is 17.7. The van der Waals surface area contributed by atoms with Gasteiger partial charge in [-0.05, 0) is 23.6 Å². The van der Waals surface area contributed by atoms with Crippen molar-refractivity contribution in [1.29, 1.82) is 5.26 Å². The molecule has 0 aliphatic rings. The van der Waals surface area contributed by atoms with Crippen LogP contribution in [0.2, 0.25) is 0 Å². The van der Waals surface area contributed by atoms with Crippen molar-refractivity contribution in [2.45, 2.75) is 32.9 Å². The molecule has 0 fully saturated rings. The second kappa shape index (κ2) is 9.45. The first-order chi connectivity index (χ1) is 15.2. The Kier molecular flexibility index (Phi) is 6.29. The summed E-state index contributed by atoms with van der Waals surface area (Å²) in [5.74, 6) is 1.05. The lowest BCUT2D eigenvalue weighted by Gasteiger charge is -2.13. The summed E-state index contributed by atoms with van der Waals surface area (Å²) in [4.78, 5) is 9.12. The number of rotatable bonds is 9. The highest BCUT2D eigenvalue weighted by Crippen LogP contribution is 2.33. The maximum absolute atomic E-state index is 8.75. The molecule has 7 heteroatoms. The fourth-order valence-electron chi connectivity index (χ4n) is 3.90. The predicted octanol–water partition coefficient (Wildman–Crippen LogP) is 4.04. The Morgan fingerprint density at radius 3 is 2.77 bits per heavy atom. The Labute approximate surface area is 181 Å². The van der Waals surface area contributed by atoms with Gasteiger partial charge in [-0.25, -0.2) is 4.98 Å². The van der Waals surface area contributed by atoms with Crippen molar-refractivity contribution in [3.05, 3.63) is 59.7 Å². The highest BCUT2D eigenvalue weighted by molar-refractivity contribution is 6.09. The zero-order valence-electron chi connectivity index (χ0n) is 17.7. The molecule has 0 aliphatic heterocycles. The molecule has 0 bridgehead atoms. The summed E-state index contributed by atoms with van der Waals surface area (Å²) in [5.41, 5.74) is 11.3. The average Bonchev–Trinajstić information content (AvgIpc) is 3.08. The highest BCUT2D eigenvalue weighted by atomic mass is 15.1. The van der Waals surface area contributed by atoms with Crippen LogP contribution in [-0.2, 0) is 13.1 Å². The van der Waals surface area contributed by atoms with Crippen LogP contribution in [0.1, 0.15) is 30.9 Å². The third-order valence-electron chi connectivity index (χ3n) is 5.31. The molecular weight excluding hydrogens is 386 g/mol. The number of aromatic nitrogens is 3. The summed E-state index contributed by atoms with van der Waals surface area (Å²) < 4.78 is 2.26. The number of nitrogens with one attached hydrogen (secondary N) is 2. The van der Waals surface area contributed by atoms with E-state index < -0.39 is 0 Å². The molecule has 4 rings (SSSR count). The Bertz CT molecular complexity index is 1240. The molecule has 2 aromatic carbocycles. The maximum atomic E-state index is 8.75. The minimum Gasteiger partial charge on any atom is -0.368 e. The minimum atomic E-state index is 0.278. The van der Waals surface area contributed by atoms with Crippen LogP contribution in [-0.4, -0.2) is 27.6 Å². The van der Waals surface area contributed by atoms with Crippen molar-refractivity contribution < 1.29 is 0 Å². The average molecular weight is 414 g/mol. The van der Waals surface area contributed by atoms with Crippen molar-refractivity contribution in [2.75, 3.05) is 24.1 Å². The van der Waals surface area contributed by atoms with E-state index in [1.165, 1.54) is 5.56 Å². The van der Waals surface area contributed by atoms with Crippen molar-refractivity contribution in [2.24, 2.45) is 0 Å². The van der Waals surface area contributed by atoms with Gasteiger partial charge in [0.05, 0.1) is 18.1 Å². The Balaban J connectivity index is 1.79. The van der Waals surface area contributed by atoms with Gasteiger partial charge >= 0.3 is 0 Å². The molecule has 31 heavy (non-hydrogen) atoms. The molecule has 0 radical (unpaired) electrons. The number of fused-ring (bicyclic) bond motifs is 3. The maximum Gasteiger partial charge on any atom is 0.222 e. The molecule has 0 amide bonds. The molecule has 7 nitrogen and oxygen atoms in total. The summed E-state index contributed by atoms with van der Waals surface area (Å²) in [5, 5.41) is 16.4. The normalized spacial score (nSPS) is 11.1. The molecule has 0 saturated carbocycles. The van der Waals surface area contributed by atoms with Gasteiger partial charge in [0.1, 0.15) is 11.0 Å². The quantitative estimate of drug-likeness (QED) is 0.283. The van der Waals surface area contributed by atoms with Gasteiger partial charge in [0, 0.05) is 25.0 Å². The van der Waals surface area contributed by atoms with E-state index >= 15 is 0 Å². The smallest absolute Gasteiger partial charge is 0.222 e. The first-order valence-corrected chi connectivity index (χ1v) is 10.6. The molecule has 4 N–H and O–H groups in total. The van der Waals surface area contributed by atoms with Gasteiger partial charge in [-0.1, -0.05) is 55.8 Å². The summed E-state index contributed by atoms with van der Waals surface area (Å²) in [6, 6.07) is 18.8. The van der Waals surface area contributed by atoms with E-state index in [9.17, 15) is 0 Å². The molecule has 2 aromatic heterocycles. The monoisotopic (exact) mass is 413 g/mol. The van der Waals surface area contributed by atoms with Crippen LogP contribution < -0.4 is 16.4 Å². The summed E-state index contributed by atoms with van der Waals surface area (Å²) in [6.45, 7) is 4.69. The van der Waals surface area contributed by atoms with Crippen LogP contribution in [0.15, 0.2) is 48.5 Å².